The number of benzene rings is 1. The number of aliphatic carboxylic acids is 1. The van der Waals surface area contributed by atoms with E-state index in [0.717, 1.165) is 48.9 Å². The first-order valence-electron chi connectivity index (χ1n) is 8.00. The summed E-state index contributed by atoms with van der Waals surface area (Å²) in [5, 5.41) is 12.1. The number of carboxylic acid groups (broad SMARTS) is 1. The Hall–Kier alpha value is -1.84. The minimum Gasteiger partial charge on any atom is -0.481 e. The lowest BCUT2D eigenvalue weighted by Crippen LogP contribution is -2.32. The zero-order chi connectivity index (χ0) is 16.2. The Balaban J connectivity index is 2.08. The second-order valence-electron chi connectivity index (χ2n) is 6.60. The zero-order valence-electron chi connectivity index (χ0n) is 13.4. The van der Waals surface area contributed by atoms with E-state index in [4.69, 9.17) is 0 Å². The van der Waals surface area contributed by atoms with E-state index in [1.807, 2.05) is 32.0 Å². The van der Waals surface area contributed by atoms with Gasteiger partial charge in [0.2, 0.25) is 5.91 Å². The Morgan fingerprint density at radius 3 is 2.45 bits per heavy atom. The van der Waals surface area contributed by atoms with Crippen molar-refractivity contribution < 1.29 is 14.7 Å². The molecule has 1 aliphatic carbocycles. The normalized spacial score (nSPS) is 17.0. The zero-order valence-corrected chi connectivity index (χ0v) is 13.4. The van der Waals surface area contributed by atoms with Crippen LogP contribution in [0.1, 0.15) is 56.1 Å². The standard InChI is InChI=1S/C18H25NO3/c1-13-7-6-8-15(14(13)2)19-16(20)11-18(12-17(21)22)9-4-3-5-10-18/h6-8H,3-5,9-12H2,1-2H3,(H,19,20)(H,21,22). The Morgan fingerprint density at radius 1 is 1.14 bits per heavy atom. The highest BCUT2D eigenvalue weighted by Crippen LogP contribution is 2.42. The van der Waals surface area contributed by atoms with Gasteiger partial charge in [0.15, 0.2) is 0 Å². The van der Waals surface area contributed by atoms with Gasteiger partial charge in [-0.25, -0.2) is 0 Å². The molecule has 0 unspecified atom stereocenters. The predicted molar refractivity (Wildman–Crippen MR) is 86.9 cm³/mol. The topological polar surface area (TPSA) is 66.4 Å². The van der Waals surface area contributed by atoms with E-state index >= 15 is 0 Å². The van der Waals surface area contributed by atoms with E-state index in [1.54, 1.807) is 0 Å². The molecule has 1 amide bonds. The summed E-state index contributed by atoms with van der Waals surface area (Å²) in [5.74, 6) is -0.877. The van der Waals surface area contributed by atoms with Crippen LogP contribution in [0.3, 0.4) is 0 Å². The molecule has 0 aromatic heterocycles. The van der Waals surface area contributed by atoms with Crippen molar-refractivity contribution in [3.05, 3.63) is 29.3 Å². The quantitative estimate of drug-likeness (QED) is 0.862. The summed E-state index contributed by atoms with van der Waals surface area (Å²) in [6.07, 6.45) is 5.23. The predicted octanol–water partition coefficient (Wildman–Crippen LogP) is 4.06. The van der Waals surface area contributed by atoms with Crippen LogP contribution in [0.2, 0.25) is 0 Å². The summed E-state index contributed by atoms with van der Waals surface area (Å²) in [6, 6.07) is 5.83. The third-order valence-electron chi connectivity index (χ3n) is 4.85. The van der Waals surface area contributed by atoms with Crippen LogP contribution in [0.4, 0.5) is 5.69 Å². The monoisotopic (exact) mass is 303 g/mol. The van der Waals surface area contributed by atoms with Crippen molar-refractivity contribution in [2.45, 2.75) is 58.8 Å². The molecule has 0 heterocycles. The lowest BCUT2D eigenvalue weighted by atomic mass is 9.69. The average Bonchev–Trinajstić information content (AvgIpc) is 2.43. The molecule has 1 aliphatic rings. The van der Waals surface area contributed by atoms with Crippen molar-refractivity contribution in [3.8, 4) is 0 Å². The van der Waals surface area contributed by atoms with Crippen molar-refractivity contribution in [3.63, 3.8) is 0 Å². The van der Waals surface area contributed by atoms with E-state index in [-0.39, 0.29) is 17.7 Å². The van der Waals surface area contributed by atoms with Crippen LogP contribution >= 0.6 is 0 Å². The highest BCUT2D eigenvalue weighted by molar-refractivity contribution is 5.92. The van der Waals surface area contributed by atoms with E-state index in [9.17, 15) is 14.7 Å². The van der Waals surface area contributed by atoms with Crippen molar-refractivity contribution in [2.24, 2.45) is 5.41 Å². The van der Waals surface area contributed by atoms with Gasteiger partial charge in [-0.05, 0) is 49.3 Å². The number of anilines is 1. The van der Waals surface area contributed by atoms with E-state index in [1.165, 1.54) is 0 Å². The highest BCUT2D eigenvalue weighted by atomic mass is 16.4. The molecule has 4 nitrogen and oxygen atoms in total. The van der Waals surface area contributed by atoms with Gasteiger partial charge < -0.3 is 10.4 Å². The van der Waals surface area contributed by atoms with Crippen LogP contribution in [-0.2, 0) is 9.59 Å². The van der Waals surface area contributed by atoms with E-state index < -0.39 is 5.97 Å². The van der Waals surface area contributed by atoms with Gasteiger partial charge in [0.1, 0.15) is 0 Å². The molecule has 120 valence electrons. The largest absolute Gasteiger partial charge is 0.481 e. The molecule has 22 heavy (non-hydrogen) atoms. The average molecular weight is 303 g/mol. The summed E-state index contributed by atoms with van der Waals surface area (Å²) in [7, 11) is 0. The van der Waals surface area contributed by atoms with Gasteiger partial charge >= 0.3 is 5.97 Å². The number of carboxylic acids is 1. The van der Waals surface area contributed by atoms with Crippen molar-refractivity contribution in [2.75, 3.05) is 5.32 Å². The van der Waals surface area contributed by atoms with Crippen LogP contribution in [0.5, 0.6) is 0 Å². The molecular weight excluding hydrogens is 278 g/mol. The second-order valence-corrected chi connectivity index (χ2v) is 6.60. The SMILES string of the molecule is Cc1cccc(NC(=O)CC2(CC(=O)O)CCCCC2)c1C. The maximum atomic E-state index is 12.4. The molecule has 1 fully saturated rings. The Morgan fingerprint density at radius 2 is 1.82 bits per heavy atom. The molecule has 4 heteroatoms. The smallest absolute Gasteiger partial charge is 0.303 e. The van der Waals surface area contributed by atoms with Crippen LogP contribution in [0, 0.1) is 19.3 Å². The molecule has 0 atom stereocenters. The Labute approximate surface area is 131 Å². The molecule has 0 saturated heterocycles. The van der Waals surface area contributed by atoms with Gasteiger partial charge in [-0.3, -0.25) is 9.59 Å². The van der Waals surface area contributed by atoms with Gasteiger partial charge in [0.05, 0.1) is 6.42 Å². The maximum Gasteiger partial charge on any atom is 0.303 e. The number of hydrogen-bond acceptors (Lipinski definition) is 2. The van der Waals surface area contributed by atoms with Crippen LogP contribution < -0.4 is 5.32 Å². The summed E-state index contributed by atoms with van der Waals surface area (Å²) >= 11 is 0. The number of nitrogens with one attached hydrogen (secondary N) is 1. The molecule has 0 spiro atoms. The molecule has 1 saturated carbocycles. The fourth-order valence-electron chi connectivity index (χ4n) is 3.46. The first kappa shape index (κ1) is 16.5. The minimum atomic E-state index is -0.804. The number of rotatable bonds is 5. The number of carbonyl (C=O) groups is 2. The minimum absolute atomic E-state index is 0.0724. The first-order chi connectivity index (χ1) is 10.4. The van der Waals surface area contributed by atoms with Crippen molar-refractivity contribution in [1.29, 1.82) is 0 Å². The number of aryl methyl sites for hydroxylation is 1. The number of amides is 1. The van der Waals surface area contributed by atoms with Crippen molar-refractivity contribution >= 4 is 17.6 Å². The number of hydrogen-bond donors (Lipinski definition) is 2. The number of carbonyl (C=O) groups excluding carboxylic acids is 1. The molecular formula is C18H25NO3. The van der Waals surface area contributed by atoms with Crippen LogP contribution in [0.15, 0.2) is 18.2 Å². The molecule has 0 bridgehead atoms. The first-order valence-corrected chi connectivity index (χ1v) is 8.00. The fraction of sp³-hybridized carbons (Fsp3) is 0.556. The second kappa shape index (κ2) is 6.95. The summed E-state index contributed by atoms with van der Waals surface area (Å²) in [5.41, 5.74) is 2.65. The Kier molecular flexibility index (Phi) is 5.22. The molecule has 1 aromatic carbocycles. The van der Waals surface area contributed by atoms with Gasteiger partial charge in [-0.15, -0.1) is 0 Å². The van der Waals surface area contributed by atoms with Crippen molar-refractivity contribution in [1.82, 2.24) is 0 Å². The summed E-state index contributed by atoms with van der Waals surface area (Å²) < 4.78 is 0. The van der Waals surface area contributed by atoms with E-state index in [2.05, 4.69) is 5.32 Å². The van der Waals surface area contributed by atoms with Gasteiger partial charge in [0, 0.05) is 12.1 Å². The summed E-state index contributed by atoms with van der Waals surface area (Å²) in [4.78, 5) is 23.6. The molecule has 0 aliphatic heterocycles. The Bertz CT molecular complexity index is 559. The third-order valence-corrected chi connectivity index (χ3v) is 4.85. The summed E-state index contributed by atoms with van der Waals surface area (Å²) in [6.45, 7) is 4.00. The van der Waals surface area contributed by atoms with Crippen LogP contribution in [-0.4, -0.2) is 17.0 Å². The lowest BCUT2D eigenvalue weighted by Gasteiger charge is -2.35. The van der Waals surface area contributed by atoms with Gasteiger partial charge in [-0.1, -0.05) is 31.4 Å². The molecule has 2 rings (SSSR count). The van der Waals surface area contributed by atoms with Crippen LogP contribution in [0.25, 0.3) is 0 Å². The third kappa shape index (κ3) is 4.09. The lowest BCUT2D eigenvalue weighted by molar-refractivity contribution is -0.140. The molecule has 1 aromatic rings. The molecule has 0 radical (unpaired) electrons. The van der Waals surface area contributed by atoms with E-state index in [0.29, 0.717) is 6.42 Å². The maximum absolute atomic E-state index is 12.4. The fourth-order valence-corrected chi connectivity index (χ4v) is 3.46. The highest BCUT2D eigenvalue weighted by Gasteiger charge is 2.36. The van der Waals surface area contributed by atoms with Gasteiger partial charge in [-0.2, -0.15) is 0 Å². The molecule has 2 N–H and O–H groups in total. The van der Waals surface area contributed by atoms with Gasteiger partial charge in [0.25, 0.3) is 0 Å².